The SMILES string of the molecule is CCCNC(CC#CC(C)(C)C)c1cnsn1. The smallest absolute Gasteiger partial charge is 0.0922 e. The molecule has 0 amide bonds. The van der Waals surface area contributed by atoms with Gasteiger partial charge in [-0.25, -0.2) is 0 Å². The highest BCUT2D eigenvalue weighted by atomic mass is 32.1. The van der Waals surface area contributed by atoms with Gasteiger partial charge in [0.05, 0.1) is 29.7 Å². The monoisotopic (exact) mass is 251 g/mol. The van der Waals surface area contributed by atoms with Gasteiger partial charge in [-0.3, -0.25) is 0 Å². The van der Waals surface area contributed by atoms with E-state index in [0.717, 1.165) is 25.1 Å². The van der Waals surface area contributed by atoms with E-state index in [2.05, 4.69) is 53.6 Å². The third kappa shape index (κ3) is 5.81. The Morgan fingerprint density at radius 3 is 2.76 bits per heavy atom. The molecule has 94 valence electrons. The van der Waals surface area contributed by atoms with E-state index in [1.54, 1.807) is 0 Å². The van der Waals surface area contributed by atoms with Crippen molar-refractivity contribution in [1.82, 2.24) is 14.1 Å². The molecular formula is C13H21N3S. The predicted molar refractivity (Wildman–Crippen MR) is 72.8 cm³/mol. The standard InChI is InChI=1S/C13H21N3S/c1-5-9-14-11(12-10-15-17-16-12)7-6-8-13(2,3)4/h10-11,14H,5,7,9H2,1-4H3. The maximum absolute atomic E-state index is 4.28. The average molecular weight is 251 g/mol. The van der Waals surface area contributed by atoms with Gasteiger partial charge < -0.3 is 5.32 Å². The average Bonchev–Trinajstić information content (AvgIpc) is 2.74. The number of nitrogens with zero attached hydrogens (tertiary/aromatic N) is 2. The molecule has 0 saturated heterocycles. The van der Waals surface area contributed by atoms with E-state index in [4.69, 9.17) is 0 Å². The van der Waals surface area contributed by atoms with Crippen molar-refractivity contribution in [1.29, 1.82) is 0 Å². The van der Waals surface area contributed by atoms with E-state index in [1.165, 1.54) is 11.7 Å². The van der Waals surface area contributed by atoms with E-state index < -0.39 is 0 Å². The lowest BCUT2D eigenvalue weighted by molar-refractivity contribution is 0.530. The quantitative estimate of drug-likeness (QED) is 0.817. The Morgan fingerprint density at radius 1 is 1.47 bits per heavy atom. The van der Waals surface area contributed by atoms with Crippen molar-refractivity contribution < 1.29 is 0 Å². The van der Waals surface area contributed by atoms with Crippen LogP contribution in [0.3, 0.4) is 0 Å². The van der Waals surface area contributed by atoms with Crippen LogP contribution >= 0.6 is 11.7 Å². The van der Waals surface area contributed by atoms with Crippen LogP contribution in [0, 0.1) is 17.3 Å². The molecule has 1 aromatic heterocycles. The summed E-state index contributed by atoms with van der Waals surface area (Å²) in [5, 5.41) is 3.46. The second-order valence-corrected chi connectivity index (χ2v) is 5.65. The maximum atomic E-state index is 4.28. The molecule has 0 aliphatic heterocycles. The summed E-state index contributed by atoms with van der Waals surface area (Å²) in [4.78, 5) is 0. The van der Waals surface area contributed by atoms with Crippen LogP contribution in [-0.4, -0.2) is 15.3 Å². The van der Waals surface area contributed by atoms with Gasteiger partial charge in [0, 0.05) is 11.8 Å². The third-order valence-electron chi connectivity index (χ3n) is 2.15. The van der Waals surface area contributed by atoms with Crippen molar-refractivity contribution >= 4 is 11.7 Å². The summed E-state index contributed by atoms with van der Waals surface area (Å²) in [5.74, 6) is 6.50. The zero-order chi connectivity index (χ0) is 12.7. The molecule has 0 bridgehead atoms. The number of hydrogen-bond acceptors (Lipinski definition) is 4. The van der Waals surface area contributed by atoms with E-state index in [-0.39, 0.29) is 11.5 Å². The Kier molecular flexibility index (Phi) is 5.60. The van der Waals surface area contributed by atoms with E-state index in [9.17, 15) is 0 Å². The topological polar surface area (TPSA) is 37.8 Å². The van der Waals surface area contributed by atoms with Crippen LogP contribution in [0.25, 0.3) is 0 Å². The van der Waals surface area contributed by atoms with Crippen molar-refractivity contribution in [3.63, 3.8) is 0 Å². The Labute approximate surface area is 108 Å². The molecule has 0 aliphatic carbocycles. The second-order valence-electron chi connectivity index (χ2n) is 5.09. The van der Waals surface area contributed by atoms with Gasteiger partial charge in [0.25, 0.3) is 0 Å². The minimum absolute atomic E-state index is 0.0651. The molecule has 1 rings (SSSR count). The van der Waals surface area contributed by atoms with Gasteiger partial charge in [-0.1, -0.05) is 12.8 Å². The van der Waals surface area contributed by atoms with Gasteiger partial charge >= 0.3 is 0 Å². The molecule has 0 fully saturated rings. The molecule has 0 aromatic carbocycles. The zero-order valence-corrected chi connectivity index (χ0v) is 11.9. The Hall–Kier alpha value is -0.920. The van der Waals surface area contributed by atoms with Crippen LogP contribution in [0.2, 0.25) is 0 Å². The molecule has 1 N–H and O–H groups in total. The molecule has 0 spiro atoms. The first-order valence-electron chi connectivity index (χ1n) is 6.04. The lowest BCUT2D eigenvalue weighted by Gasteiger charge is -2.13. The summed E-state index contributed by atoms with van der Waals surface area (Å²) >= 11 is 1.25. The molecule has 1 aromatic rings. The third-order valence-corrected chi connectivity index (χ3v) is 2.64. The molecule has 4 heteroatoms. The molecular weight excluding hydrogens is 230 g/mol. The zero-order valence-electron chi connectivity index (χ0n) is 11.1. The highest BCUT2D eigenvalue weighted by Crippen LogP contribution is 2.15. The molecule has 1 unspecified atom stereocenters. The van der Waals surface area contributed by atoms with Gasteiger partial charge in [-0.15, -0.1) is 5.92 Å². The lowest BCUT2D eigenvalue weighted by Crippen LogP contribution is -2.22. The highest BCUT2D eigenvalue weighted by molar-refractivity contribution is 6.99. The van der Waals surface area contributed by atoms with Gasteiger partial charge in [0.1, 0.15) is 0 Å². The Balaban J connectivity index is 2.61. The van der Waals surface area contributed by atoms with Gasteiger partial charge in [-0.2, -0.15) is 8.75 Å². The summed E-state index contributed by atoms with van der Waals surface area (Å²) in [6.45, 7) is 9.51. The molecule has 1 atom stereocenters. The number of rotatable bonds is 5. The van der Waals surface area contributed by atoms with Crippen molar-refractivity contribution in [3.8, 4) is 11.8 Å². The van der Waals surface area contributed by atoms with Crippen molar-refractivity contribution in [2.45, 2.75) is 46.6 Å². The molecule has 3 nitrogen and oxygen atoms in total. The Bertz CT molecular complexity index is 368. The van der Waals surface area contributed by atoms with Crippen LogP contribution < -0.4 is 5.32 Å². The number of nitrogens with one attached hydrogen (secondary N) is 1. The van der Waals surface area contributed by atoms with Crippen LogP contribution in [0.15, 0.2) is 6.20 Å². The fraction of sp³-hybridized carbons (Fsp3) is 0.692. The first-order valence-corrected chi connectivity index (χ1v) is 6.77. The van der Waals surface area contributed by atoms with Crippen LogP contribution in [-0.2, 0) is 0 Å². The van der Waals surface area contributed by atoms with Crippen molar-refractivity contribution in [3.05, 3.63) is 11.9 Å². The summed E-state index contributed by atoms with van der Waals surface area (Å²) in [6, 6.07) is 0.212. The largest absolute Gasteiger partial charge is 0.308 e. The number of aromatic nitrogens is 2. The molecule has 0 radical (unpaired) electrons. The molecule has 17 heavy (non-hydrogen) atoms. The van der Waals surface area contributed by atoms with Gasteiger partial charge in [0.15, 0.2) is 0 Å². The van der Waals surface area contributed by atoms with Crippen molar-refractivity contribution in [2.24, 2.45) is 5.41 Å². The fourth-order valence-corrected chi connectivity index (χ4v) is 1.81. The van der Waals surface area contributed by atoms with Crippen LogP contribution in [0.4, 0.5) is 0 Å². The molecule has 0 aliphatic rings. The predicted octanol–water partition coefficient (Wildman–Crippen LogP) is 3.02. The minimum atomic E-state index is 0.0651. The van der Waals surface area contributed by atoms with Gasteiger partial charge in [0.2, 0.25) is 0 Å². The maximum Gasteiger partial charge on any atom is 0.0922 e. The number of hydrogen-bond donors (Lipinski definition) is 1. The Morgan fingerprint density at radius 2 is 2.24 bits per heavy atom. The van der Waals surface area contributed by atoms with E-state index in [0.29, 0.717) is 0 Å². The first kappa shape index (κ1) is 14.1. The fourth-order valence-electron chi connectivity index (χ4n) is 1.34. The summed E-state index contributed by atoms with van der Waals surface area (Å²) in [5.41, 5.74) is 1.07. The summed E-state index contributed by atoms with van der Waals surface area (Å²) in [6.07, 6.45) is 3.74. The van der Waals surface area contributed by atoms with Crippen LogP contribution in [0.1, 0.15) is 52.3 Å². The van der Waals surface area contributed by atoms with Crippen LogP contribution in [0.5, 0.6) is 0 Å². The highest BCUT2D eigenvalue weighted by Gasteiger charge is 2.12. The van der Waals surface area contributed by atoms with Crippen molar-refractivity contribution in [2.75, 3.05) is 6.54 Å². The van der Waals surface area contributed by atoms with E-state index in [1.807, 2.05) is 6.20 Å². The first-order chi connectivity index (χ1) is 8.03. The summed E-state index contributed by atoms with van der Waals surface area (Å²) < 4.78 is 8.34. The summed E-state index contributed by atoms with van der Waals surface area (Å²) in [7, 11) is 0. The normalized spacial score (nSPS) is 12.9. The minimum Gasteiger partial charge on any atom is -0.308 e. The molecule has 0 saturated carbocycles. The van der Waals surface area contributed by atoms with E-state index >= 15 is 0 Å². The second kappa shape index (κ2) is 6.73. The van der Waals surface area contributed by atoms with Gasteiger partial charge in [-0.05, 0) is 33.7 Å². The lowest BCUT2D eigenvalue weighted by atomic mass is 9.97. The molecule has 1 heterocycles.